The smallest absolute Gasteiger partial charge is 0.340 e. The summed E-state index contributed by atoms with van der Waals surface area (Å²) < 4.78 is 28.2. The lowest BCUT2D eigenvalue weighted by Crippen LogP contribution is -2.35. The van der Waals surface area contributed by atoms with E-state index in [-0.39, 0.29) is 18.4 Å². The first kappa shape index (κ1) is 19.3. The Morgan fingerprint density at radius 3 is 2.20 bits per heavy atom. The number of esters is 1. The molecule has 0 aromatic heterocycles. The van der Waals surface area contributed by atoms with E-state index in [4.69, 9.17) is 11.6 Å². The minimum Gasteiger partial charge on any atom is -0.465 e. The normalized spacial score (nSPS) is 16.0. The molecule has 0 saturated heterocycles. The summed E-state index contributed by atoms with van der Waals surface area (Å²) in [5.74, 6) is -4.37. The van der Waals surface area contributed by atoms with Crippen molar-refractivity contribution in [1.29, 1.82) is 0 Å². The molecule has 1 aromatic carbocycles. The summed E-state index contributed by atoms with van der Waals surface area (Å²) in [4.78, 5) is 48.1. The molecule has 134 valence electrons. The van der Waals surface area contributed by atoms with Crippen LogP contribution in [-0.2, 0) is 24.2 Å². The number of Topliss-reactive ketones (excluding diaryl/α,β-unsaturated/α-hetero) is 3. The fraction of sp³-hybridized carbons (Fsp3) is 0.375. The van der Waals surface area contributed by atoms with Crippen LogP contribution in [-0.4, -0.2) is 45.1 Å². The molecule has 0 N–H and O–H groups in total. The molecule has 0 bridgehead atoms. The Morgan fingerprint density at radius 2 is 1.72 bits per heavy atom. The fourth-order valence-electron chi connectivity index (χ4n) is 2.70. The average molecular weight is 387 g/mol. The quantitative estimate of drug-likeness (QED) is 0.439. The van der Waals surface area contributed by atoms with Gasteiger partial charge in [-0.3, -0.25) is 14.4 Å². The maximum absolute atomic E-state index is 12.6. The molecule has 1 aromatic rings. The lowest BCUT2D eigenvalue weighted by atomic mass is 9.81. The molecule has 1 saturated carbocycles. The van der Waals surface area contributed by atoms with Gasteiger partial charge >= 0.3 is 5.97 Å². The summed E-state index contributed by atoms with van der Waals surface area (Å²) >= 11 is 6.09. The van der Waals surface area contributed by atoms with Crippen molar-refractivity contribution in [2.45, 2.75) is 24.2 Å². The van der Waals surface area contributed by atoms with Gasteiger partial charge in [0.25, 0.3) is 0 Å². The molecule has 1 fully saturated rings. The van der Waals surface area contributed by atoms with Crippen molar-refractivity contribution in [3.8, 4) is 0 Å². The van der Waals surface area contributed by atoms with E-state index in [1.165, 1.54) is 0 Å². The first-order chi connectivity index (χ1) is 11.6. The number of hydrogen-bond donors (Lipinski definition) is 0. The Hall–Kier alpha value is -2.06. The van der Waals surface area contributed by atoms with E-state index in [0.29, 0.717) is 6.42 Å². The highest BCUT2D eigenvalue weighted by Gasteiger charge is 2.38. The molecule has 7 nitrogen and oxygen atoms in total. The average Bonchev–Trinajstić information content (AvgIpc) is 2.52. The number of carbonyl (C=O) groups excluding carboxylic acids is 4. The summed E-state index contributed by atoms with van der Waals surface area (Å²) in [6.07, 6.45) is 1.46. The summed E-state index contributed by atoms with van der Waals surface area (Å²) in [6.45, 7) is 0. The van der Waals surface area contributed by atoms with Crippen molar-refractivity contribution in [1.82, 2.24) is 0 Å². The molecule has 0 aliphatic heterocycles. The van der Waals surface area contributed by atoms with E-state index < -0.39 is 54.6 Å². The van der Waals surface area contributed by atoms with Gasteiger partial charge < -0.3 is 4.74 Å². The highest BCUT2D eigenvalue weighted by Crippen LogP contribution is 2.32. The maximum Gasteiger partial charge on any atom is 0.340 e. The van der Waals surface area contributed by atoms with Gasteiger partial charge in [-0.25, -0.2) is 13.2 Å². The second kappa shape index (κ2) is 7.05. The first-order valence-corrected chi connectivity index (χ1v) is 9.57. The van der Waals surface area contributed by atoms with Crippen LogP contribution in [0.1, 0.15) is 40.0 Å². The van der Waals surface area contributed by atoms with E-state index in [0.717, 1.165) is 25.5 Å². The number of ketones is 3. The van der Waals surface area contributed by atoms with Crippen LogP contribution in [0.2, 0.25) is 5.02 Å². The van der Waals surface area contributed by atoms with Crippen LogP contribution in [0.5, 0.6) is 0 Å². The molecular formula is C16H15ClO7S. The summed E-state index contributed by atoms with van der Waals surface area (Å²) in [6, 6.07) is 2.14. The Bertz CT molecular complexity index is 870. The Balaban J connectivity index is 2.64. The number of methoxy groups -OCH3 is 1. The third-order valence-corrected chi connectivity index (χ3v) is 5.44. The maximum atomic E-state index is 12.6. The van der Waals surface area contributed by atoms with Crippen molar-refractivity contribution in [2.75, 3.05) is 13.4 Å². The molecule has 0 amide bonds. The molecule has 2 rings (SSSR count). The topological polar surface area (TPSA) is 112 Å². The van der Waals surface area contributed by atoms with Gasteiger partial charge in [0.15, 0.2) is 27.2 Å². The van der Waals surface area contributed by atoms with Crippen LogP contribution in [0, 0.1) is 5.92 Å². The number of halogens is 1. The van der Waals surface area contributed by atoms with Gasteiger partial charge in [-0.15, -0.1) is 0 Å². The predicted molar refractivity (Wildman–Crippen MR) is 87.6 cm³/mol. The predicted octanol–water partition coefficient (Wildman–Crippen LogP) is 1.65. The van der Waals surface area contributed by atoms with E-state index in [2.05, 4.69) is 4.74 Å². The van der Waals surface area contributed by atoms with Crippen LogP contribution >= 0.6 is 11.6 Å². The van der Waals surface area contributed by atoms with Crippen LogP contribution in [0.25, 0.3) is 0 Å². The molecule has 0 unspecified atom stereocenters. The van der Waals surface area contributed by atoms with Crippen molar-refractivity contribution < 1.29 is 32.3 Å². The lowest BCUT2D eigenvalue weighted by Gasteiger charge is -2.19. The molecule has 25 heavy (non-hydrogen) atoms. The van der Waals surface area contributed by atoms with Crippen LogP contribution in [0.3, 0.4) is 0 Å². The number of ether oxygens (including phenoxy) is 1. The number of rotatable bonds is 4. The van der Waals surface area contributed by atoms with Crippen molar-refractivity contribution in [3.63, 3.8) is 0 Å². The van der Waals surface area contributed by atoms with Gasteiger partial charge in [0.1, 0.15) is 5.92 Å². The number of carbonyl (C=O) groups is 4. The molecule has 0 heterocycles. The highest BCUT2D eigenvalue weighted by molar-refractivity contribution is 7.90. The zero-order valence-corrected chi connectivity index (χ0v) is 15.1. The van der Waals surface area contributed by atoms with E-state index >= 15 is 0 Å². The van der Waals surface area contributed by atoms with Gasteiger partial charge in [-0.05, 0) is 18.6 Å². The standard InChI is InChI=1S/C16H15ClO7S/c1-24-16(21)13-11(25(2,22)23)7-6-8(14(13)17)15(20)12-9(18)4-3-5-10(12)19/h6-7,12H,3-5H2,1-2H3. The van der Waals surface area contributed by atoms with Crippen LogP contribution < -0.4 is 0 Å². The fourth-order valence-corrected chi connectivity index (χ4v) is 3.97. The monoisotopic (exact) mass is 386 g/mol. The summed E-state index contributed by atoms with van der Waals surface area (Å²) in [5, 5.41) is -0.453. The van der Waals surface area contributed by atoms with E-state index in [9.17, 15) is 27.6 Å². The zero-order valence-electron chi connectivity index (χ0n) is 13.5. The second-order valence-corrected chi connectivity index (χ2v) is 8.01. The van der Waals surface area contributed by atoms with E-state index in [1.54, 1.807) is 0 Å². The van der Waals surface area contributed by atoms with Gasteiger partial charge in [-0.2, -0.15) is 0 Å². The largest absolute Gasteiger partial charge is 0.465 e. The highest BCUT2D eigenvalue weighted by atomic mass is 35.5. The third-order valence-electron chi connectivity index (χ3n) is 3.91. The number of sulfone groups is 1. The van der Waals surface area contributed by atoms with E-state index in [1.807, 2.05) is 0 Å². The SMILES string of the molecule is COC(=O)c1c(S(C)(=O)=O)ccc(C(=O)C2C(=O)CCCC2=O)c1Cl. The lowest BCUT2D eigenvalue weighted by molar-refractivity contribution is -0.133. The summed E-state index contributed by atoms with van der Waals surface area (Å²) in [7, 11) is -2.80. The van der Waals surface area contributed by atoms with Gasteiger partial charge in [-0.1, -0.05) is 11.6 Å². The molecular weight excluding hydrogens is 372 g/mol. The molecule has 0 radical (unpaired) electrons. The minimum absolute atomic E-state index is 0.102. The number of benzene rings is 1. The molecule has 1 aliphatic rings. The first-order valence-electron chi connectivity index (χ1n) is 7.30. The molecule has 0 spiro atoms. The van der Waals surface area contributed by atoms with Gasteiger partial charge in [0, 0.05) is 24.7 Å². The Morgan fingerprint density at radius 1 is 1.16 bits per heavy atom. The molecule has 1 aliphatic carbocycles. The molecule has 0 atom stereocenters. The van der Waals surface area contributed by atoms with Crippen molar-refractivity contribution >= 4 is 44.8 Å². The van der Waals surface area contributed by atoms with Crippen LogP contribution in [0.15, 0.2) is 17.0 Å². The molecule has 9 heteroatoms. The van der Waals surface area contributed by atoms with Gasteiger partial charge in [0.05, 0.1) is 22.6 Å². The van der Waals surface area contributed by atoms with Gasteiger partial charge in [0.2, 0.25) is 0 Å². The summed E-state index contributed by atoms with van der Waals surface area (Å²) in [5.41, 5.74) is -0.753. The van der Waals surface area contributed by atoms with Crippen molar-refractivity contribution in [3.05, 3.63) is 28.3 Å². The van der Waals surface area contributed by atoms with Crippen LogP contribution in [0.4, 0.5) is 0 Å². The Labute approximate surface area is 149 Å². The second-order valence-electron chi connectivity index (χ2n) is 5.65. The Kier molecular flexibility index (Phi) is 5.43. The number of hydrogen-bond acceptors (Lipinski definition) is 7. The minimum atomic E-state index is -3.83. The third kappa shape index (κ3) is 3.64. The zero-order chi connectivity index (χ0) is 18.9. The van der Waals surface area contributed by atoms with Crippen molar-refractivity contribution in [2.24, 2.45) is 5.92 Å².